The van der Waals surface area contributed by atoms with Gasteiger partial charge in [0.1, 0.15) is 5.82 Å². The molecule has 0 aliphatic carbocycles. The summed E-state index contributed by atoms with van der Waals surface area (Å²) in [5.74, 6) is -0.219. The van der Waals surface area contributed by atoms with E-state index in [1.807, 2.05) is 36.1 Å². The number of pyridine rings is 1. The van der Waals surface area contributed by atoms with Crippen molar-refractivity contribution in [2.45, 2.75) is 24.7 Å². The van der Waals surface area contributed by atoms with E-state index in [0.29, 0.717) is 18.7 Å². The minimum atomic E-state index is -0.239. The number of nitrogens with zero attached hydrogens (tertiary/aromatic N) is 2. The summed E-state index contributed by atoms with van der Waals surface area (Å²) in [5.41, 5.74) is 5.97. The van der Waals surface area contributed by atoms with Crippen molar-refractivity contribution >= 4 is 23.2 Å². The molecule has 0 atom stereocenters. The number of benzene rings is 2. The van der Waals surface area contributed by atoms with Crippen LogP contribution in [-0.2, 0) is 0 Å². The van der Waals surface area contributed by atoms with Gasteiger partial charge >= 0.3 is 0 Å². The van der Waals surface area contributed by atoms with Crippen molar-refractivity contribution in [1.29, 1.82) is 0 Å². The van der Waals surface area contributed by atoms with E-state index in [9.17, 15) is 9.18 Å². The van der Waals surface area contributed by atoms with E-state index < -0.39 is 0 Å². The zero-order chi connectivity index (χ0) is 21.8. The topological polar surface area (TPSA) is 33.2 Å². The fourth-order valence-corrected chi connectivity index (χ4v) is 4.73. The molecular weight excluding hydrogens is 407 g/mol. The summed E-state index contributed by atoms with van der Waals surface area (Å²) < 4.78 is 14.1. The number of piperidine rings is 1. The molecule has 0 N–H and O–H groups in total. The number of carbonyl (C=O) groups is 1. The lowest BCUT2D eigenvalue weighted by Crippen LogP contribution is -2.36. The van der Waals surface area contributed by atoms with Gasteiger partial charge in [0.05, 0.1) is 5.56 Å². The predicted octanol–water partition coefficient (Wildman–Crippen LogP) is 5.99. The molecule has 2 aromatic carbocycles. The summed E-state index contributed by atoms with van der Waals surface area (Å²) in [6.07, 6.45) is 6.97. The molecule has 0 saturated carbocycles. The van der Waals surface area contributed by atoms with Crippen LogP contribution < -0.4 is 0 Å². The molecular formula is C26H25FN2OS. The van der Waals surface area contributed by atoms with Crippen LogP contribution in [0.5, 0.6) is 0 Å². The summed E-state index contributed by atoms with van der Waals surface area (Å²) >= 11 is 1.69. The normalized spacial score (nSPS) is 13.9. The Balaban J connectivity index is 1.68. The molecule has 158 valence electrons. The summed E-state index contributed by atoms with van der Waals surface area (Å²) in [4.78, 5) is 20.1. The Bertz CT molecular complexity index is 1130. The van der Waals surface area contributed by atoms with Gasteiger partial charge in [-0.1, -0.05) is 35.9 Å². The van der Waals surface area contributed by atoms with Crippen molar-refractivity contribution in [1.82, 2.24) is 9.88 Å². The molecule has 0 spiro atoms. The van der Waals surface area contributed by atoms with Crippen LogP contribution in [0.25, 0.3) is 5.57 Å². The molecule has 3 aromatic rings. The van der Waals surface area contributed by atoms with Crippen LogP contribution in [0.4, 0.5) is 4.39 Å². The van der Waals surface area contributed by atoms with Crippen molar-refractivity contribution in [3.05, 3.63) is 101 Å². The molecule has 4 rings (SSSR count). The van der Waals surface area contributed by atoms with Gasteiger partial charge in [-0.2, -0.15) is 0 Å². The van der Waals surface area contributed by atoms with Crippen molar-refractivity contribution < 1.29 is 9.18 Å². The molecule has 1 aliphatic heterocycles. The highest BCUT2D eigenvalue weighted by molar-refractivity contribution is 7.98. The monoisotopic (exact) mass is 432 g/mol. The number of amides is 1. The molecule has 1 aliphatic rings. The number of carbonyl (C=O) groups excluding carboxylic acids is 1. The van der Waals surface area contributed by atoms with Gasteiger partial charge in [-0.05, 0) is 72.6 Å². The number of rotatable bonds is 4. The first-order chi connectivity index (χ1) is 15.1. The van der Waals surface area contributed by atoms with Gasteiger partial charge in [-0.25, -0.2) is 4.39 Å². The highest BCUT2D eigenvalue weighted by Gasteiger charge is 2.24. The number of aryl methyl sites for hydroxylation is 1. The molecule has 5 heteroatoms. The lowest BCUT2D eigenvalue weighted by atomic mass is 9.88. The molecule has 1 aromatic heterocycles. The quantitative estimate of drug-likeness (QED) is 0.475. The fourth-order valence-electron chi connectivity index (χ4n) is 4.13. The number of aromatic nitrogens is 1. The van der Waals surface area contributed by atoms with Crippen molar-refractivity contribution in [3.8, 4) is 0 Å². The average molecular weight is 433 g/mol. The van der Waals surface area contributed by atoms with Gasteiger partial charge in [0.2, 0.25) is 0 Å². The van der Waals surface area contributed by atoms with Crippen LogP contribution in [0.2, 0.25) is 0 Å². The molecule has 0 bridgehead atoms. The second-order valence-electron chi connectivity index (χ2n) is 7.73. The smallest absolute Gasteiger partial charge is 0.255 e. The fraction of sp³-hybridized carbons (Fsp3) is 0.231. The summed E-state index contributed by atoms with van der Waals surface area (Å²) in [5, 5.41) is 0. The Kier molecular flexibility index (Phi) is 6.52. The molecule has 31 heavy (non-hydrogen) atoms. The second-order valence-corrected chi connectivity index (χ2v) is 8.58. The number of hydrogen-bond acceptors (Lipinski definition) is 3. The largest absolute Gasteiger partial charge is 0.338 e. The molecule has 2 heterocycles. The van der Waals surface area contributed by atoms with E-state index in [1.54, 1.807) is 36.3 Å². The van der Waals surface area contributed by atoms with Gasteiger partial charge < -0.3 is 4.90 Å². The maximum Gasteiger partial charge on any atom is 0.255 e. The van der Waals surface area contributed by atoms with E-state index in [1.165, 1.54) is 16.5 Å². The van der Waals surface area contributed by atoms with E-state index in [2.05, 4.69) is 23.4 Å². The van der Waals surface area contributed by atoms with Crippen LogP contribution in [-0.4, -0.2) is 35.1 Å². The lowest BCUT2D eigenvalue weighted by Gasteiger charge is -2.30. The van der Waals surface area contributed by atoms with Crippen LogP contribution in [0.3, 0.4) is 0 Å². The van der Waals surface area contributed by atoms with Gasteiger partial charge in [0.25, 0.3) is 5.91 Å². The third-order valence-corrected chi connectivity index (χ3v) is 6.42. The standard InChI is InChI=1S/C26H25FN2OS/c1-18-14-21(17-28-16-18)26(30)29-12-10-19(11-13-29)25(20-6-5-7-22(27)15-20)23-8-3-4-9-24(23)31-2/h3-9,14-17H,10-13H2,1-2H3. The maximum atomic E-state index is 14.1. The molecule has 1 saturated heterocycles. The number of likely N-dealkylation sites (tertiary alicyclic amines) is 1. The Morgan fingerprint density at radius 2 is 1.77 bits per heavy atom. The van der Waals surface area contributed by atoms with Crippen molar-refractivity contribution in [2.24, 2.45) is 0 Å². The van der Waals surface area contributed by atoms with E-state index >= 15 is 0 Å². The first kappa shape index (κ1) is 21.3. The Morgan fingerprint density at radius 3 is 2.48 bits per heavy atom. The second kappa shape index (κ2) is 9.48. The summed E-state index contributed by atoms with van der Waals surface area (Å²) in [7, 11) is 0. The van der Waals surface area contributed by atoms with Gasteiger partial charge in [0, 0.05) is 30.4 Å². The molecule has 1 fully saturated rings. The molecule has 1 amide bonds. The Labute approximate surface area is 187 Å². The van der Waals surface area contributed by atoms with Crippen LogP contribution in [0, 0.1) is 12.7 Å². The van der Waals surface area contributed by atoms with Gasteiger partial charge in [-0.15, -0.1) is 11.8 Å². The number of thioether (sulfide) groups is 1. The first-order valence-corrected chi connectivity index (χ1v) is 11.6. The molecule has 3 nitrogen and oxygen atoms in total. The van der Waals surface area contributed by atoms with Crippen molar-refractivity contribution in [3.63, 3.8) is 0 Å². The van der Waals surface area contributed by atoms with Crippen molar-refractivity contribution in [2.75, 3.05) is 19.3 Å². The van der Waals surface area contributed by atoms with Gasteiger partial charge in [0.15, 0.2) is 0 Å². The zero-order valence-electron chi connectivity index (χ0n) is 17.8. The first-order valence-electron chi connectivity index (χ1n) is 10.4. The number of halogens is 1. The van der Waals surface area contributed by atoms with E-state index in [4.69, 9.17) is 0 Å². The Morgan fingerprint density at radius 1 is 1.00 bits per heavy atom. The van der Waals surface area contributed by atoms with Gasteiger partial charge in [-0.3, -0.25) is 9.78 Å². The highest BCUT2D eigenvalue weighted by Crippen LogP contribution is 2.37. The van der Waals surface area contributed by atoms with Crippen LogP contribution >= 0.6 is 11.8 Å². The summed E-state index contributed by atoms with van der Waals surface area (Å²) in [6.45, 7) is 3.22. The number of hydrogen-bond donors (Lipinski definition) is 0. The predicted molar refractivity (Wildman–Crippen MR) is 125 cm³/mol. The molecule has 0 radical (unpaired) electrons. The van der Waals surface area contributed by atoms with E-state index in [0.717, 1.165) is 35.1 Å². The maximum absolute atomic E-state index is 14.1. The van der Waals surface area contributed by atoms with Crippen LogP contribution in [0.15, 0.2) is 77.5 Å². The molecule has 0 unspecified atom stereocenters. The minimum Gasteiger partial charge on any atom is -0.338 e. The third-order valence-electron chi connectivity index (χ3n) is 5.62. The van der Waals surface area contributed by atoms with E-state index in [-0.39, 0.29) is 11.7 Å². The zero-order valence-corrected chi connectivity index (χ0v) is 18.6. The highest BCUT2D eigenvalue weighted by atomic mass is 32.2. The summed E-state index contributed by atoms with van der Waals surface area (Å²) in [6, 6.07) is 17.0. The Hall–Kier alpha value is -2.92. The van der Waals surface area contributed by atoms with Crippen LogP contribution in [0.1, 0.15) is 39.9 Å². The lowest BCUT2D eigenvalue weighted by molar-refractivity contribution is 0.0743. The average Bonchev–Trinajstić information content (AvgIpc) is 2.80. The third kappa shape index (κ3) is 4.72. The minimum absolute atomic E-state index is 0.0204. The SMILES string of the molecule is CSc1ccccc1C(=C1CCN(C(=O)c2cncc(C)c2)CC1)c1cccc(F)c1.